The number of ether oxygens (including phenoxy) is 3. The van der Waals surface area contributed by atoms with E-state index in [2.05, 4.69) is 44.7 Å². The van der Waals surface area contributed by atoms with Crippen LogP contribution >= 0.6 is 10.0 Å². The number of rotatable bonds is 10. The number of carbonyl (C=O) groups is 2. The van der Waals surface area contributed by atoms with E-state index in [0.717, 1.165) is 23.3 Å². The lowest BCUT2D eigenvalue weighted by atomic mass is 9.97. The highest BCUT2D eigenvalue weighted by molar-refractivity contribution is 8.32. The van der Waals surface area contributed by atoms with E-state index in [0.29, 0.717) is 18.3 Å². The van der Waals surface area contributed by atoms with Crippen LogP contribution in [-0.2, 0) is 27.3 Å². The van der Waals surface area contributed by atoms with E-state index in [4.69, 9.17) is 14.2 Å². The minimum absolute atomic E-state index is 0.160. The molecule has 1 atom stereocenters. The Balaban J connectivity index is 1.79. The van der Waals surface area contributed by atoms with Crippen LogP contribution in [0.2, 0.25) is 0 Å². The van der Waals surface area contributed by atoms with Crippen LogP contribution in [0.4, 0.5) is 4.79 Å². The molecule has 0 aromatic heterocycles. The fourth-order valence-corrected chi connectivity index (χ4v) is 3.57. The van der Waals surface area contributed by atoms with Crippen molar-refractivity contribution in [2.75, 3.05) is 31.1 Å². The summed E-state index contributed by atoms with van der Waals surface area (Å²) in [7, 11) is -0.716. The van der Waals surface area contributed by atoms with Gasteiger partial charge in [0.15, 0.2) is 0 Å². The van der Waals surface area contributed by atoms with Gasteiger partial charge in [-0.05, 0) is 66.9 Å². The van der Waals surface area contributed by atoms with Crippen molar-refractivity contribution < 1.29 is 23.8 Å². The first kappa shape index (κ1) is 25.8. The molecule has 2 aromatic carbocycles. The highest BCUT2D eigenvalue weighted by atomic mass is 32.3. The molecule has 176 valence electrons. The third-order valence-corrected chi connectivity index (χ3v) is 6.29. The van der Waals surface area contributed by atoms with Gasteiger partial charge in [-0.2, -0.15) is 0 Å². The Kier molecular flexibility index (Phi) is 9.63. The van der Waals surface area contributed by atoms with Crippen LogP contribution in [0.1, 0.15) is 43.4 Å². The van der Waals surface area contributed by atoms with E-state index in [1.54, 1.807) is 24.3 Å². The molecule has 0 N–H and O–H groups in total. The minimum Gasteiger partial charge on any atom is -0.460 e. The lowest BCUT2D eigenvalue weighted by molar-refractivity contribution is -0.146. The average molecular weight is 461 g/mol. The van der Waals surface area contributed by atoms with Crippen molar-refractivity contribution in [3.05, 3.63) is 65.2 Å². The van der Waals surface area contributed by atoms with Gasteiger partial charge >= 0.3 is 12.1 Å². The quantitative estimate of drug-likeness (QED) is 0.324. The van der Waals surface area contributed by atoms with Gasteiger partial charge in [0.05, 0.1) is 5.92 Å². The normalized spacial score (nSPS) is 12.8. The highest BCUT2D eigenvalue weighted by Gasteiger charge is 2.17. The van der Waals surface area contributed by atoms with E-state index in [9.17, 15) is 9.59 Å². The fourth-order valence-electron chi connectivity index (χ4n) is 2.98. The Bertz CT molecular complexity index is 867. The number of carbonyl (C=O) groups excluding carboxylic acids is 2. The van der Waals surface area contributed by atoms with Crippen LogP contribution in [0, 0.1) is 5.92 Å². The van der Waals surface area contributed by atoms with Crippen molar-refractivity contribution in [3.8, 4) is 5.75 Å². The lowest BCUT2D eigenvalue weighted by Crippen LogP contribution is -2.15. The predicted molar refractivity (Wildman–Crippen MR) is 132 cm³/mol. The van der Waals surface area contributed by atoms with Gasteiger partial charge in [0.1, 0.15) is 19.0 Å². The maximum atomic E-state index is 12.5. The standard InChI is InChI=1S/C26H36O5S/c1-19(2)17-21-7-11-23(12-8-21)20(3)25(27)30-18-22-9-13-24(14-10-22)31-26(28)29-15-16-32(4,5)6/h7-14,19-20H,15-18H2,1-6H3. The van der Waals surface area contributed by atoms with Crippen molar-refractivity contribution in [1.82, 2.24) is 0 Å². The lowest BCUT2D eigenvalue weighted by Gasteiger charge is -2.24. The Morgan fingerprint density at radius 1 is 0.844 bits per heavy atom. The Hall–Kier alpha value is -2.47. The van der Waals surface area contributed by atoms with E-state index in [1.807, 2.05) is 19.1 Å². The van der Waals surface area contributed by atoms with Gasteiger partial charge in [0, 0.05) is 5.75 Å². The second kappa shape index (κ2) is 12.0. The summed E-state index contributed by atoms with van der Waals surface area (Å²) in [6.07, 6.45) is 6.81. The van der Waals surface area contributed by atoms with Gasteiger partial charge in [0.2, 0.25) is 0 Å². The maximum Gasteiger partial charge on any atom is 0.513 e. The van der Waals surface area contributed by atoms with Crippen molar-refractivity contribution in [1.29, 1.82) is 0 Å². The second-order valence-electron chi connectivity index (χ2n) is 9.31. The molecular weight excluding hydrogens is 424 g/mol. The molecule has 0 fully saturated rings. The van der Waals surface area contributed by atoms with Crippen LogP contribution in [-0.4, -0.2) is 43.3 Å². The number of benzene rings is 2. The predicted octanol–water partition coefficient (Wildman–Crippen LogP) is 5.94. The van der Waals surface area contributed by atoms with Gasteiger partial charge in [-0.3, -0.25) is 4.79 Å². The van der Waals surface area contributed by atoms with Crippen molar-refractivity contribution >= 4 is 22.2 Å². The summed E-state index contributed by atoms with van der Waals surface area (Å²) in [6.45, 7) is 6.74. The summed E-state index contributed by atoms with van der Waals surface area (Å²) < 4.78 is 15.8. The van der Waals surface area contributed by atoms with Crippen molar-refractivity contribution in [3.63, 3.8) is 0 Å². The molecule has 0 heterocycles. The van der Waals surface area contributed by atoms with Crippen LogP contribution in [0.3, 0.4) is 0 Å². The monoisotopic (exact) mass is 460 g/mol. The van der Waals surface area contributed by atoms with Crippen molar-refractivity contribution in [2.24, 2.45) is 5.92 Å². The van der Waals surface area contributed by atoms with Gasteiger partial charge in [-0.15, -0.1) is 0 Å². The third kappa shape index (κ3) is 9.35. The molecule has 0 saturated heterocycles. The molecule has 32 heavy (non-hydrogen) atoms. The zero-order valence-electron chi connectivity index (χ0n) is 20.1. The smallest absolute Gasteiger partial charge is 0.460 e. The van der Waals surface area contributed by atoms with E-state index >= 15 is 0 Å². The Morgan fingerprint density at radius 2 is 1.44 bits per heavy atom. The van der Waals surface area contributed by atoms with Crippen molar-refractivity contribution in [2.45, 2.75) is 39.7 Å². The Labute approximate surface area is 193 Å². The molecule has 0 aliphatic rings. The molecule has 0 aliphatic carbocycles. The van der Waals surface area contributed by atoms with Crippen LogP contribution < -0.4 is 4.74 Å². The number of hydrogen-bond donors (Lipinski definition) is 0. The minimum atomic E-state index is -0.716. The second-order valence-corrected chi connectivity index (χ2v) is 13.9. The zero-order valence-corrected chi connectivity index (χ0v) is 20.9. The maximum absolute atomic E-state index is 12.5. The Morgan fingerprint density at radius 3 is 2.00 bits per heavy atom. The summed E-state index contributed by atoms with van der Waals surface area (Å²) in [4.78, 5) is 24.2. The molecule has 0 amide bonds. The summed E-state index contributed by atoms with van der Waals surface area (Å²) in [5.74, 6) is 1.22. The molecule has 5 nitrogen and oxygen atoms in total. The molecule has 0 radical (unpaired) electrons. The zero-order chi connectivity index (χ0) is 23.7. The molecular formula is C26H36O5S. The van der Waals surface area contributed by atoms with Gasteiger partial charge in [-0.1, -0.05) is 50.2 Å². The highest BCUT2D eigenvalue weighted by Crippen LogP contribution is 2.33. The molecule has 0 bridgehead atoms. The largest absolute Gasteiger partial charge is 0.513 e. The van der Waals surface area contributed by atoms with Crippen LogP contribution in [0.25, 0.3) is 0 Å². The molecule has 1 unspecified atom stereocenters. The first-order chi connectivity index (χ1) is 15.0. The molecule has 2 rings (SSSR count). The van der Waals surface area contributed by atoms with E-state index in [-0.39, 0.29) is 18.5 Å². The summed E-state index contributed by atoms with van der Waals surface area (Å²) in [5, 5.41) is 0. The first-order valence-corrected chi connectivity index (χ1v) is 13.9. The van der Waals surface area contributed by atoms with E-state index in [1.165, 1.54) is 5.56 Å². The van der Waals surface area contributed by atoms with Gasteiger partial charge < -0.3 is 14.2 Å². The van der Waals surface area contributed by atoms with Crippen LogP contribution in [0.5, 0.6) is 5.75 Å². The summed E-state index contributed by atoms with van der Waals surface area (Å²) in [5.41, 5.74) is 3.03. The van der Waals surface area contributed by atoms with Gasteiger partial charge in [0.25, 0.3) is 0 Å². The molecule has 0 aliphatic heterocycles. The average Bonchev–Trinajstić information content (AvgIpc) is 2.71. The molecule has 0 spiro atoms. The SMILES string of the molecule is CC(C)Cc1ccc(C(C)C(=O)OCc2ccc(OC(=O)OCCS(C)(C)C)cc2)cc1. The molecule has 6 heteroatoms. The summed E-state index contributed by atoms with van der Waals surface area (Å²) >= 11 is 0. The van der Waals surface area contributed by atoms with Crippen LogP contribution in [0.15, 0.2) is 48.5 Å². The topological polar surface area (TPSA) is 61.8 Å². The first-order valence-electron chi connectivity index (χ1n) is 10.9. The number of esters is 1. The van der Waals surface area contributed by atoms with Gasteiger partial charge in [-0.25, -0.2) is 14.8 Å². The third-order valence-electron chi connectivity index (χ3n) is 4.90. The van der Waals surface area contributed by atoms with E-state index < -0.39 is 16.2 Å². The fraction of sp³-hybridized carbons (Fsp3) is 0.462. The summed E-state index contributed by atoms with van der Waals surface area (Å²) in [6, 6.07) is 15.0. The molecule has 2 aromatic rings. The molecule has 0 saturated carbocycles. The number of hydrogen-bond acceptors (Lipinski definition) is 5.